The summed E-state index contributed by atoms with van der Waals surface area (Å²) in [5, 5.41) is 15.4. The van der Waals surface area contributed by atoms with Crippen molar-refractivity contribution in [3.05, 3.63) is 22.4 Å². The van der Waals surface area contributed by atoms with E-state index in [-0.39, 0.29) is 5.91 Å². The van der Waals surface area contributed by atoms with Gasteiger partial charge in [-0.15, -0.1) is 11.3 Å². The number of carbonyl (C=O) groups excluding carboxylic acids is 1. The summed E-state index contributed by atoms with van der Waals surface area (Å²) in [5.74, 6) is 0.170. The van der Waals surface area contributed by atoms with Crippen LogP contribution in [0.2, 0.25) is 0 Å². The number of aliphatic hydroxyl groups is 1. The minimum atomic E-state index is -0.396. The number of piperazine rings is 1. The van der Waals surface area contributed by atoms with Crippen LogP contribution in [-0.2, 0) is 4.79 Å². The van der Waals surface area contributed by atoms with Gasteiger partial charge in [-0.3, -0.25) is 14.6 Å². The smallest absolute Gasteiger partial charge is 0.234 e. The minimum absolute atomic E-state index is 0.170. The van der Waals surface area contributed by atoms with Crippen molar-refractivity contribution in [2.24, 2.45) is 0 Å². The molecule has 0 radical (unpaired) electrons. The monoisotopic (exact) mass is 337 g/mol. The van der Waals surface area contributed by atoms with Crippen LogP contribution < -0.4 is 5.32 Å². The third-order valence-electron chi connectivity index (χ3n) is 4.86. The number of nitrogens with one attached hydrogen (secondary N) is 1. The van der Waals surface area contributed by atoms with Crippen molar-refractivity contribution in [2.45, 2.75) is 37.8 Å². The third-order valence-corrected chi connectivity index (χ3v) is 5.83. The number of hydrogen-bond acceptors (Lipinski definition) is 5. The lowest BCUT2D eigenvalue weighted by molar-refractivity contribution is -0.123. The van der Waals surface area contributed by atoms with Crippen molar-refractivity contribution in [1.82, 2.24) is 15.1 Å². The minimum Gasteiger partial charge on any atom is -0.386 e. The van der Waals surface area contributed by atoms with Gasteiger partial charge in [0.25, 0.3) is 0 Å². The zero-order chi connectivity index (χ0) is 16.1. The van der Waals surface area contributed by atoms with Gasteiger partial charge in [-0.2, -0.15) is 0 Å². The second kappa shape index (κ2) is 8.24. The third kappa shape index (κ3) is 5.01. The zero-order valence-corrected chi connectivity index (χ0v) is 14.4. The average Bonchev–Trinajstić information content (AvgIpc) is 3.22. The fourth-order valence-corrected chi connectivity index (χ4v) is 4.19. The maximum absolute atomic E-state index is 12.1. The quantitative estimate of drug-likeness (QED) is 0.825. The van der Waals surface area contributed by atoms with E-state index in [0.717, 1.165) is 43.9 Å². The molecule has 0 bridgehead atoms. The molecule has 1 aliphatic carbocycles. The first-order valence-corrected chi connectivity index (χ1v) is 9.54. The maximum Gasteiger partial charge on any atom is 0.234 e. The largest absolute Gasteiger partial charge is 0.386 e. The Bertz CT molecular complexity index is 480. The Morgan fingerprint density at radius 2 is 1.96 bits per heavy atom. The lowest BCUT2D eigenvalue weighted by Crippen LogP contribution is -2.50. The fraction of sp³-hybridized carbons (Fsp3) is 0.706. The molecular formula is C17H27N3O2S. The molecule has 5 nitrogen and oxygen atoms in total. The Morgan fingerprint density at radius 1 is 1.26 bits per heavy atom. The van der Waals surface area contributed by atoms with E-state index < -0.39 is 6.10 Å². The molecule has 2 aliphatic rings. The summed E-state index contributed by atoms with van der Waals surface area (Å²) < 4.78 is 0. The standard InChI is InChI=1S/C17H27N3O2S/c21-15(16-6-3-11-23-16)12-19-7-9-20(10-8-19)13-17(22)18-14-4-1-2-5-14/h3,6,11,14-15,21H,1-2,4-5,7-10,12-13H2,(H,18,22)/t15-/m0/s1. The van der Waals surface area contributed by atoms with Crippen LogP contribution >= 0.6 is 11.3 Å². The lowest BCUT2D eigenvalue weighted by Gasteiger charge is -2.35. The van der Waals surface area contributed by atoms with E-state index in [1.165, 1.54) is 12.8 Å². The van der Waals surface area contributed by atoms with Gasteiger partial charge in [0.2, 0.25) is 5.91 Å². The van der Waals surface area contributed by atoms with Crippen LogP contribution in [0.3, 0.4) is 0 Å². The Balaban J connectivity index is 1.35. The highest BCUT2D eigenvalue weighted by atomic mass is 32.1. The second-order valence-corrected chi connectivity index (χ2v) is 7.64. The molecule has 0 spiro atoms. The van der Waals surface area contributed by atoms with E-state index in [4.69, 9.17) is 0 Å². The van der Waals surface area contributed by atoms with E-state index in [1.807, 2.05) is 17.5 Å². The summed E-state index contributed by atoms with van der Waals surface area (Å²) >= 11 is 1.60. The van der Waals surface area contributed by atoms with Crippen LogP contribution in [0, 0.1) is 0 Å². The van der Waals surface area contributed by atoms with E-state index in [2.05, 4.69) is 15.1 Å². The molecular weight excluding hydrogens is 310 g/mol. The Kier molecular flexibility index (Phi) is 6.05. The number of thiophene rings is 1. The molecule has 2 N–H and O–H groups in total. The number of aliphatic hydroxyl groups excluding tert-OH is 1. The van der Waals surface area contributed by atoms with Crippen molar-refractivity contribution in [2.75, 3.05) is 39.3 Å². The maximum atomic E-state index is 12.1. The van der Waals surface area contributed by atoms with Gasteiger partial charge in [-0.1, -0.05) is 18.9 Å². The summed E-state index contributed by atoms with van der Waals surface area (Å²) in [4.78, 5) is 17.6. The molecule has 1 aliphatic heterocycles. The van der Waals surface area contributed by atoms with Crippen LogP contribution in [0.15, 0.2) is 17.5 Å². The van der Waals surface area contributed by atoms with Gasteiger partial charge in [0, 0.05) is 43.6 Å². The number of rotatable bonds is 6. The SMILES string of the molecule is O=C(CN1CCN(C[C@H](O)c2cccs2)CC1)NC1CCCC1. The summed E-state index contributed by atoms with van der Waals surface area (Å²) in [6, 6.07) is 4.37. The molecule has 1 aromatic rings. The molecule has 1 aromatic heterocycles. The predicted octanol–water partition coefficient (Wildman–Crippen LogP) is 1.46. The molecule has 1 atom stereocenters. The van der Waals surface area contributed by atoms with Gasteiger partial charge in [-0.25, -0.2) is 0 Å². The van der Waals surface area contributed by atoms with Gasteiger partial charge in [0.15, 0.2) is 0 Å². The first kappa shape index (κ1) is 16.9. The molecule has 2 heterocycles. The first-order chi connectivity index (χ1) is 11.2. The van der Waals surface area contributed by atoms with Crippen molar-refractivity contribution < 1.29 is 9.90 Å². The van der Waals surface area contributed by atoms with E-state index in [9.17, 15) is 9.90 Å². The van der Waals surface area contributed by atoms with Gasteiger partial charge in [-0.05, 0) is 24.3 Å². The van der Waals surface area contributed by atoms with Crippen LogP contribution in [0.25, 0.3) is 0 Å². The van der Waals surface area contributed by atoms with Gasteiger partial charge >= 0.3 is 0 Å². The Labute approximate surface area is 142 Å². The molecule has 1 saturated heterocycles. The topological polar surface area (TPSA) is 55.8 Å². The predicted molar refractivity (Wildman–Crippen MR) is 92.6 cm³/mol. The first-order valence-electron chi connectivity index (χ1n) is 8.66. The number of β-amino-alcohol motifs (C(OH)–C–C–N with tert-alkyl or cyclic N) is 1. The molecule has 23 heavy (non-hydrogen) atoms. The second-order valence-electron chi connectivity index (χ2n) is 6.66. The zero-order valence-electron chi connectivity index (χ0n) is 13.6. The van der Waals surface area contributed by atoms with Gasteiger partial charge in [0.05, 0.1) is 6.54 Å². The lowest BCUT2D eigenvalue weighted by atomic mass is 10.2. The normalized spacial score (nSPS) is 22.3. The van der Waals surface area contributed by atoms with Gasteiger partial charge < -0.3 is 10.4 Å². The van der Waals surface area contributed by atoms with Crippen LogP contribution in [0.5, 0.6) is 0 Å². The molecule has 0 aromatic carbocycles. The summed E-state index contributed by atoms with van der Waals surface area (Å²) in [7, 11) is 0. The van der Waals surface area contributed by atoms with E-state index in [1.54, 1.807) is 11.3 Å². The van der Waals surface area contributed by atoms with Crippen molar-refractivity contribution in [3.8, 4) is 0 Å². The van der Waals surface area contributed by atoms with Crippen molar-refractivity contribution in [3.63, 3.8) is 0 Å². The Hall–Kier alpha value is -0.950. The summed E-state index contributed by atoms with van der Waals surface area (Å²) in [6.07, 6.45) is 4.37. The highest BCUT2D eigenvalue weighted by Gasteiger charge is 2.23. The van der Waals surface area contributed by atoms with Crippen LogP contribution in [-0.4, -0.2) is 66.1 Å². The van der Waals surface area contributed by atoms with Gasteiger partial charge in [0.1, 0.15) is 6.10 Å². The molecule has 1 saturated carbocycles. The summed E-state index contributed by atoms with van der Waals surface area (Å²) in [6.45, 7) is 4.82. The number of nitrogens with zero attached hydrogens (tertiary/aromatic N) is 2. The molecule has 2 fully saturated rings. The molecule has 6 heteroatoms. The number of carbonyl (C=O) groups is 1. The molecule has 3 rings (SSSR count). The van der Waals surface area contributed by atoms with Crippen molar-refractivity contribution in [1.29, 1.82) is 0 Å². The number of hydrogen-bond donors (Lipinski definition) is 2. The highest BCUT2D eigenvalue weighted by molar-refractivity contribution is 7.10. The molecule has 1 amide bonds. The van der Waals surface area contributed by atoms with E-state index >= 15 is 0 Å². The molecule has 0 unspecified atom stereocenters. The van der Waals surface area contributed by atoms with Crippen molar-refractivity contribution >= 4 is 17.2 Å². The fourth-order valence-electron chi connectivity index (χ4n) is 3.49. The number of amides is 1. The van der Waals surface area contributed by atoms with E-state index in [0.29, 0.717) is 19.1 Å². The highest BCUT2D eigenvalue weighted by Crippen LogP contribution is 2.20. The summed E-state index contributed by atoms with van der Waals surface area (Å²) in [5.41, 5.74) is 0. The molecule has 128 valence electrons. The van der Waals surface area contributed by atoms with Crippen LogP contribution in [0.4, 0.5) is 0 Å². The van der Waals surface area contributed by atoms with Crippen LogP contribution in [0.1, 0.15) is 36.7 Å². The Morgan fingerprint density at radius 3 is 2.61 bits per heavy atom. The average molecular weight is 337 g/mol.